The molecule has 0 saturated carbocycles. The Bertz CT molecular complexity index is 301. The number of carbonyl (C=O) groups is 1. The molecule has 3 heteroatoms. The van der Waals surface area contributed by atoms with Gasteiger partial charge >= 0.3 is 0 Å². The SMILES string of the molecule is CC(=O)c1cccn1CC=CCl. The van der Waals surface area contributed by atoms with Crippen LogP contribution in [0.1, 0.15) is 17.4 Å². The predicted octanol–water partition coefficient (Wildman–Crippen LogP) is 2.44. The van der Waals surface area contributed by atoms with Gasteiger partial charge in [0.2, 0.25) is 0 Å². The minimum absolute atomic E-state index is 0.0722. The second-order valence-electron chi connectivity index (χ2n) is 2.46. The summed E-state index contributed by atoms with van der Waals surface area (Å²) >= 11 is 5.37. The van der Waals surface area contributed by atoms with Crippen molar-refractivity contribution in [1.82, 2.24) is 4.57 Å². The number of hydrogen-bond donors (Lipinski definition) is 0. The third kappa shape index (κ3) is 1.98. The molecule has 0 bridgehead atoms. The first kappa shape index (κ1) is 9.07. The van der Waals surface area contributed by atoms with Crippen LogP contribution < -0.4 is 0 Å². The Kier molecular flexibility index (Phi) is 3.11. The number of aromatic nitrogens is 1. The molecule has 0 aliphatic carbocycles. The summed E-state index contributed by atoms with van der Waals surface area (Å²) in [5.41, 5.74) is 2.16. The maximum absolute atomic E-state index is 11.0. The molecule has 0 amide bonds. The van der Waals surface area contributed by atoms with E-state index < -0.39 is 0 Å². The van der Waals surface area contributed by atoms with Gasteiger partial charge in [0.05, 0.1) is 5.69 Å². The van der Waals surface area contributed by atoms with Crippen molar-refractivity contribution in [2.45, 2.75) is 13.5 Å². The molecule has 0 N–H and O–H groups in total. The largest absolute Gasteiger partial charge is 0.341 e. The maximum Gasteiger partial charge on any atom is 0.176 e. The zero-order valence-corrected chi connectivity index (χ0v) is 7.58. The quantitative estimate of drug-likeness (QED) is 0.660. The highest BCUT2D eigenvalue weighted by atomic mass is 35.5. The summed E-state index contributed by atoms with van der Waals surface area (Å²) in [6.45, 7) is 2.20. The molecule has 64 valence electrons. The molecule has 0 aromatic carbocycles. The van der Waals surface area contributed by atoms with Crippen LogP contribution in [0.4, 0.5) is 0 Å². The summed E-state index contributed by atoms with van der Waals surface area (Å²) in [5, 5.41) is 0. The van der Waals surface area contributed by atoms with E-state index in [0.29, 0.717) is 12.2 Å². The van der Waals surface area contributed by atoms with E-state index >= 15 is 0 Å². The van der Waals surface area contributed by atoms with Gasteiger partial charge < -0.3 is 4.57 Å². The first-order valence-corrected chi connectivity index (χ1v) is 4.10. The van der Waals surface area contributed by atoms with E-state index in [4.69, 9.17) is 11.6 Å². The Morgan fingerprint density at radius 2 is 2.50 bits per heavy atom. The van der Waals surface area contributed by atoms with Gasteiger partial charge in [0, 0.05) is 25.2 Å². The predicted molar refractivity (Wildman–Crippen MR) is 49.4 cm³/mol. The molecule has 0 spiro atoms. The highest BCUT2D eigenvalue weighted by Crippen LogP contribution is 2.03. The molecule has 0 fully saturated rings. The zero-order chi connectivity index (χ0) is 8.97. The van der Waals surface area contributed by atoms with Crippen LogP contribution in [0.25, 0.3) is 0 Å². The molecule has 1 aromatic heterocycles. The van der Waals surface area contributed by atoms with E-state index in [1.807, 2.05) is 16.8 Å². The van der Waals surface area contributed by atoms with Crippen LogP contribution in [0.2, 0.25) is 0 Å². The van der Waals surface area contributed by atoms with E-state index in [2.05, 4.69) is 0 Å². The molecule has 2 nitrogen and oxygen atoms in total. The van der Waals surface area contributed by atoms with Gasteiger partial charge in [-0.05, 0) is 12.1 Å². The molecule has 0 unspecified atom stereocenters. The van der Waals surface area contributed by atoms with Crippen LogP contribution in [0.3, 0.4) is 0 Å². The Morgan fingerprint density at radius 3 is 3.08 bits per heavy atom. The maximum atomic E-state index is 11.0. The van der Waals surface area contributed by atoms with Crippen LogP contribution in [-0.2, 0) is 6.54 Å². The summed E-state index contributed by atoms with van der Waals surface area (Å²) in [6.07, 6.45) is 3.64. The minimum atomic E-state index is 0.0722. The van der Waals surface area contributed by atoms with Crippen molar-refractivity contribution in [2.24, 2.45) is 0 Å². The monoisotopic (exact) mass is 183 g/mol. The van der Waals surface area contributed by atoms with Crippen LogP contribution in [0, 0.1) is 0 Å². The molecular weight excluding hydrogens is 174 g/mol. The van der Waals surface area contributed by atoms with Crippen LogP contribution in [0.15, 0.2) is 29.9 Å². The highest BCUT2D eigenvalue weighted by molar-refractivity contribution is 6.25. The highest BCUT2D eigenvalue weighted by Gasteiger charge is 2.02. The lowest BCUT2D eigenvalue weighted by Gasteiger charge is -2.01. The van der Waals surface area contributed by atoms with Crippen molar-refractivity contribution >= 4 is 17.4 Å². The minimum Gasteiger partial charge on any atom is -0.341 e. The van der Waals surface area contributed by atoms with Gasteiger partial charge in [-0.2, -0.15) is 0 Å². The topological polar surface area (TPSA) is 22.0 Å². The summed E-state index contributed by atoms with van der Waals surface area (Å²) in [7, 11) is 0. The Labute approximate surface area is 76.5 Å². The van der Waals surface area contributed by atoms with Crippen molar-refractivity contribution in [1.29, 1.82) is 0 Å². The van der Waals surface area contributed by atoms with Crippen LogP contribution in [-0.4, -0.2) is 10.4 Å². The standard InChI is InChI=1S/C9H10ClNO/c1-8(12)9-4-2-6-11(9)7-3-5-10/h2-6H,7H2,1H3. The first-order valence-electron chi connectivity index (χ1n) is 3.67. The normalized spacial score (nSPS) is 10.8. The number of carbonyl (C=O) groups excluding carboxylic acids is 1. The molecular formula is C9H10ClNO. The lowest BCUT2D eigenvalue weighted by atomic mass is 10.3. The van der Waals surface area contributed by atoms with Gasteiger partial charge in [0.1, 0.15) is 0 Å². The van der Waals surface area contributed by atoms with E-state index in [1.165, 1.54) is 5.54 Å². The molecule has 1 rings (SSSR count). The van der Waals surface area contributed by atoms with Gasteiger partial charge in [-0.25, -0.2) is 0 Å². The van der Waals surface area contributed by atoms with Crippen molar-refractivity contribution < 1.29 is 4.79 Å². The van der Waals surface area contributed by atoms with Gasteiger partial charge in [-0.1, -0.05) is 17.7 Å². The molecule has 0 aliphatic heterocycles. The number of Topliss-reactive ketones (excluding diaryl/α,β-unsaturated/α-hetero) is 1. The zero-order valence-electron chi connectivity index (χ0n) is 6.83. The van der Waals surface area contributed by atoms with Gasteiger partial charge in [-0.3, -0.25) is 4.79 Å². The van der Waals surface area contributed by atoms with Crippen molar-refractivity contribution in [3.63, 3.8) is 0 Å². The fraction of sp³-hybridized carbons (Fsp3) is 0.222. The number of nitrogens with zero attached hydrogens (tertiary/aromatic N) is 1. The summed E-state index contributed by atoms with van der Waals surface area (Å²) < 4.78 is 1.85. The number of rotatable bonds is 3. The van der Waals surface area contributed by atoms with E-state index in [-0.39, 0.29) is 5.78 Å². The second kappa shape index (κ2) is 4.12. The Balaban J connectivity index is 2.84. The fourth-order valence-electron chi connectivity index (χ4n) is 1.05. The second-order valence-corrected chi connectivity index (χ2v) is 2.72. The Hall–Kier alpha value is -1.02. The molecule has 1 heterocycles. The van der Waals surface area contributed by atoms with Crippen molar-refractivity contribution in [2.75, 3.05) is 0 Å². The number of hydrogen-bond acceptors (Lipinski definition) is 1. The van der Waals surface area contributed by atoms with E-state index in [0.717, 1.165) is 0 Å². The molecule has 0 aliphatic rings. The smallest absolute Gasteiger partial charge is 0.176 e. The molecule has 0 saturated heterocycles. The molecule has 0 radical (unpaired) electrons. The van der Waals surface area contributed by atoms with Crippen LogP contribution in [0.5, 0.6) is 0 Å². The third-order valence-electron chi connectivity index (χ3n) is 1.58. The molecule has 0 atom stereocenters. The average molecular weight is 184 g/mol. The van der Waals surface area contributed by atoms with Gasteiger partial charge in [-0.15, -0.1) is 0 Å². The number of ketones is 1. The average Bonchev–Trinajstić information content (AvgIpc) is 2.48. The summed E-state index contributed by atoms with van der Waals surface area (Å²) in [4.78, 5) is 11.0. The van der Waals surface area contributed by atoms with Crippen LogP contribution >= 0.6 is 11.6 Å². The van der Waals surface area contributed by atoms with Crippen molar-refractivity contribution in [3.05, 3.63) is 35.6 Å². The number of allylic oxidation sites excluding steroid dienone is 1. The van der Waals surface area contributed by atoms with Gasteiger partial charge in [0.25, 0.3) is 0 Å². The van der Waals surface area contributed by atoms with Crippen molar-refractivity contribution in [3.8, 4) is 0 Å². The first-order chi connectivity index (χ1) is 5.75. The number of halogens is 1. The van der Waals surface area contributed by atoms with Gasteiger partial charge in [0.15, 0.2) is 5.78 Å². The lowest BCUT2D eigenvalue weighted by Crippen LogP contribution is -2.03. The molecule has 12 heavy (non-hydrogen) atoms. The molecule has 1 aromatic rings. The summed E-state index contributed by atoms with van der Waals surface area (Å²) in [5.74, 6) is 0.0722. The fourth-order valence-corrected chi connectivity index (χ4v) is 1.13. The van der Waals surface area contributed by atoms with E-state index in [1.54, 1.807) is 19.1 Å². The Morgan fingerprint density at radius 1 is 1.75 bits per heavy atom. The lowest BCUT2D eigenvalue weighted by molar-refractivity contribution is 0.100. The van der Waals surface area contributed by atoms with E-state index in [9.17, 15) is 4.79 Å². The third-order valence-corrected chi connectivity index (χ3v) is 1.76. The summed E-state index contributed by atoms with van der Waals surface area (Å²) in [6, 6.07) is 3.64.